The number of carbonyl (C=O) groups is 1. The maximum Gasteiger partial charge on any atom is 0.248 e. The van der Waals surface area contributed by atoms with E-state index in [2.05, 4.69) is 5.32 Å². The normalized spacial score (nSPS) is 23.7. The van der Waals surface area contributed by atoms with Crippen molar-refractivity contribution in [1.29, 1.82) is 0 Å². The van der Waals surface area contributed by atoms with Gasteiger partial charge in [-0.25, -0.2) is 0 Å². The van der Waals surface area contributed by atoms with Gasteiger partial charge in [0.2, 0.25) is 5.91 Å². The van der Waals surface area contributed by atoms with Gasteiger partial charge in [0.05, 0.1) is 10.7 Å². The fraction of sp³-hybridized carbons (Fsp3) is 0.500. The molecule has 104 valence electrons. The number of benzene rings is 1. The molecule has 1 amide bonds. The van der Waals surface area contributed by atoms with E-state index in [1.807, 2.05) is 0 Å². The molecule has 1 aliphatic rings. The molecular weight excluding hydrogens is 262 g/mol. The van der Waals surface area contributed by atoms with Gasteiger partial charge in [-0.15, -0.1) is 0 Å². The van der Waals surface area contributed by atoms with Crippen molar-refractivity contribution in [1.82, 2.24) is 0 Å². The Balaban J connectivity index is 2.11. The highest BCUT2D eigenvalue weighted by Crippen LogP contribution is 2.26. The molecule has 2 unspecified atom stereocenters. The average molecular weight is 282 g/mol. The third kappa shape index (κ3) is 3.61. The van der Waals surface area contributed by atoms with Crippen LogP contribution in [0.5, 0.6) is 0 Å². The number of rotatable bonds is 3. The number of halogens is 1. The zero-order chi connectivity index (χ0) is 13.8. The Hall–Kier alpha value is -1.26. The van der Waals surface area contributed by atoms with E-state index < -0.39 is 5.91 Å². The number of anilines is 1. The highest BCUT2D eigenvalue weighted by atomic mass is 35.5. The van der Waals surface area contributed by atoms with Gasteiger partial charge in [-0.1, -0.05) is 30.9 Å². The summed E-state index contributed by atoms with van der Waals surface area (Å²) in [7, 11) is 0. The Morgan fingerprint density at radius 2 is 2.00 bits per heavy atom. The SMILES string of the molecule is NC(=O)c1ccc(NC2CCCCCC2N)c(Cl)c1. The molecule has 1 aromatic rings. The molecule has 0 aliphatic heterocycles. The monoisotopic (exact) mass is 281 g/mol. The van der Waals surface area contributed by atoms with Crippen LogP contribution < -0.4 is 16.8 Å². The maximum absolute atomic E-state index is 11.1. The number of nitrogens with two attached hydrogens (primary N) is 2. The lowest BCUT2D eigenvalue weighted by atomic mass is 10.0. The van der Waals surface area contributed by atoms with Gasteiger partial charge in [0.1, 0.15) is 0 Å². The maximum atomic E-state index is 11.1. The van der Waals surface area contributed by atoms with Gasteiger partial charge in [0.15, 0.2) is 0 Å². The van der Waals surface area contributed by atoms with E-state index in [0.29, 0.717) is 10.6 Å². The van der Waals surface area contributed by atoms with Crippen LogP contribution in [-0.4, -0.2) is 18.0 Å². The summed E-state index contributed by atoms with van der Waals surface area (Å²) in [4.78, 5) is 11.1. The van der Waals surface area contributed by atoms with Crippen LogP contribution in [0, 0.1) is 0 Å². The molecule has 5 heteroatoms. The van der Waals surface area contributed by atoms with Crippen molar-refractivity contribution in [3.05, 3.63) is 28.8 Å². The standard InChI is InChI=1S/C14H20ClN3O/c15-10-8-9(14(17)19)6-7-12(10)18-13-5-3-1-2-4-11(13)16/h6-8,11,13,18H,1-5,16H2,(H2,17,19). The molecule has 19 heavy (non-hydrogen) atoms. The van der Waals surface area contributed by atoms with Crippen molar-refractivity contribution in [2.24, 2.45) is 11.5 Å². The first-order chi connectivity index (χ1) is 9.08. The Kier molecular flexibility index (Phi) is 4.66. The Bertz CT molecular complexity index is 464. The first kappa shape index (κ1) is 14.2. The minimum absolute atomic E-state index is 0.148. The third-order valence-corrected chi connectivity index (χ3v) is 3.98. The fourth-order valence-corrected chi connectivity index (χ4v) is 2.74. The van der Waals surface area contributed by atoms with Crippen molar-refractivity contribution in [3.8, 4) is 0 Å². The Labute approximate surface area is 118 Å². The van der Waals surface area contributed by atoms with E-state index in [9.17, 15) is 4.79 Å². The largest absolute Gasteiger partial charge is 0.380 e. The minimum Gasteiger partial charge on any atom is -0.380 e. The van der Waals surface area contributed by atoms with E-state index in [4.69, 9.17) is 23.1 Å². The van der Waals surface area contributed by atoms with Gasteiger partial charge in [-0.3, -0.25) is 4.79 Å². The van der Waals surface area contributed by atoms with Gasteiger partial charge in [-0.2, -0.15) is 0 Å². The van der Waals surface area contributed by atoms with Crippen molar-refractivity contribution in [3.63, 3.8) is 0 Å². The lowest BCUT2D eigenvalue weighted by Gasteiger charge is -2.24. The highest BCUT2D eigenvalue weighted by Gasteiger charge is 2.20. The molecule has 0 radical (unpaired) electrons. The highest BCUT2D eigenvalue weighted by molar-refractivity contribution is 6.33. The van der Waals surface area contributed by atoms with Gasteiger partial charge < -0.3 is 16.8 Å². The number of amides is 1. The van der Waals surface area contributed by atoms with E-state index in [-0.39, 0.29) is 12.1 Å². The second-order valence-electron chi connectivity index (χ2n) is 5.11. The molecule has 2 atom stereocenters. The molecule has 1 saturated carbocycles. The number of primary amides is 1. The van der Waals surface area contributed by atoms with Gasteiger partial charge >= 0.3 is 0 Å². The lowest BCUT2D eigenvalue weighted by molar-refractivity contribution is 0.100. The zero-order valence-electron chi connectivity index (χ0n) is 10.9. The summed E-state index contributed by atoms with van der Waals surface area (Å²) in [5.41, 5.74) is 12.6. The molecule has 5 N–H and O–H groups in total. The molecule has 1 aromatic carbocycles. The lowest BCUT2D eigenvalue weighted by Crippen LogP contribution is -2.39. The van der Waals surface area contributed by atoms with Crippen LogP contribution >= 0.6 is 11.6 Å². The predicted molar refractivity (Wildman–Crippen MR) is 78.4 cm³/mol. The molecule has 1 aliphatic carbocycles. The van der Waals surface area contributed by atoms with E-state index >= 15 is 0 Å². The molecule has 2 rings (SSSR count). The van der Waals surface area contributed by atoms with E-state index in [0.717, 1.165) is 18.5 Å². The zero-order valence-corrected chi connectivity index (χ0v) is 11.6. The third-order valence-electron chi connectivity index (χ3n) is 3.66. The van der Waals surface area contributed by atoms with Crippen LogP contribution in [0.2, 0.25) is 5.02 Å². The van der Waals surface area contributed by atoms with Crippen molar-refractivity contribution < 1.29 is 4.79 Å². The molecule has 0 heterocycles. The van der Waals surface area contributed by atoms with Gasteiger partial charge in [0, 0.05) is 17.6 Å². The molecule has 0 spiro atoms. The molecule has 1 fully saturated rings. The van der Waals surface area contributed by atoms with E-state index in [1.54, 1.807) is 18.2 Å². The minimum atomic E-state index is -0.473. The van der Waals surface area contributed by atoms with Crippen LogP contribution in [0.3, 0.4) is 0 Å². The second kappa shape index (κ2) is 6.26. The second-order valence-corrected chi connectivity index (χ2v) is 5.52. The topological polar surface area (TPSA) is 81.1 Å². The first-order valence-corrected chi connectivity index (χ1v) is 7.07. The summed E-state index contributed by atoms with van der Waals surface area (Å²) < 4.78 is 0. The average Bonchev–Trinajstić information content (AvgIpc) is 2.57. The van der Waals surface area contributed by atoms with E-state index in [1.165, 1.54) is 19.3 Å². The number of hydrogen-bond acceptors (Lipinski definition) is 3. The summed E-state index contributed by atoms with van der Waals surface area (Å²) >= 11 is 6.17. The van der Waals surface area contributed by atoms with Crippen LogP contribution in [0.4, 0.5) is 5.69 Å². The van der Waals surface area contributed by atoms with Gasteiger partial charge in [-0.05, 0) is 31.0 Å². The van der Waals surface area contributed by atoms with Crippen molar-refractivity contribution in [2.45, 2.75) is 44.2 Å². The smallest absolute Gasteiger partial charge is 0.248 e. The van der Waals surface area contributed by atoms with Crippen LogP contribution in [0.25, 0.3) is 0 Å². The summed E-state index contributed by atoms with van der Waals surface area (Å²) in [6, 6.07) is 5.45. The van der Waals surface area contributed by atoms with Crippen LogP contribution in [0.1, 0.15) is 42.5 Å². The number of carbonyl (C=O) groups excluding carboxylic acids is 1. The first-order valence-electron chi connectivity index (χ1n) is 6.69. The molecule has 4 nitrogen and oxygen atoms in total. The molecular formula is C14H20ClN3O. The number of hydrogen-bond donors (Lipinski definition) is 3. The molecule has 0 saturated heterocycles. The molecule has 0 bridgehead atoms. The van der Waals surface area contributed by atoms with Crippen molar-refractivity contribution in [2.75, 3.05) is 5.32 Å². The van der Waals surface area contributed by atoms with Gasteiger partial charge in [0.25, 0.3) is 0 Å². The summed E-state index contributed by atoms with van der Waals surface area (Å²) in [6.07, 6.45) is 5.69. The molecule has 0 aromatic heterocycles. The summed E-state index contributed by atoms with van der Waals surface area (Å²) in [6.45, 7) is 0. The Morgan fingerprint density at radius 3 is 2.68 bits per heavy atom. The van der Waals surface area contributed by atoms with Crippen LogP contribution in [-0.2, 0) is 0 Å². The van der Waals surface area contributed by atoms with Crippen LogP contribution in [0.15, 0.2) is 18.2 Å². The predicted octanol–water partition coefficient (Wildman–Crippen LogP) is 2.51. The van der Waals surface area contributed by atoms with Crippen molar-refractivity contribution >= 4 is 23.2 Å². The summed E-state index contributed by atoms with van der Waals surface area (Å²) in [5, 5.41) is 3.90. The quantitative estimate of drug-likeness (QED) is 0.745. The number of nitrogens with one attached hydrogen (secondary N) is 1. The summed E-state index contributed by atoms with van der Waals surface area (Å²) in [5.74, 6) is -0.473. The Morgan fingerprint density at radius 1 is 1.26 bits per heavy atom. The fourth-order valence-electron chi connectivity index (χ4n) is 2.50.